The van der Waals surface area contributed by atoms with Crippen molar-refractivity contribution in [3.63, 3.8) is 0 Å². The molecule has 2 aromatic carbocycles. The number of urea groups is 1. The molecule has 0 spiro atoms. The molecule has 2 aromatic rings. The molecule has 2 amide bonds. The highest BCUT2D eigenvalue weighted by molar-refractivity contribution is 7.80. The van der Waals surface area contributed by atoms with Crippen molar-refractivity contribution in [1.29, 1.82) is 0 Å². The van der Waals surface area contributed by atoms with Gasteiger partial charge in [-0.05, 0) is 36.4 Å². The first kappa shape index (κ1) is 14.3. The summed E-state index contributed by atoms with van der Waals surface area (Å²) in [5.74, 6) is 0. The Kier molecular flexibility index (Phi) is 4.55. The summed E-state index contributed by atoms with van der Waals surface area (Å²) in [6, 6.07) is 13.5. The van der Waals surface area contributed by atoms with E-state index in [9.17, 15) is 4.79 Å². The van der Waals surface area contributed by atoms with Gasteiger partial charge in [0.25, 0.3) is 0 Å². The van der Waals surface area contributed by atoms with Crippen LogP contribution in [0.5, 0.6) is 0 Å². The second-order valence-corrected chi connectivity index (χ2v) is 4.87. The summed E-state index contributed by atoms with van der Waals surface area (Å²) in [5.41, 5.74) is 7.42. The Morgan fingerprint density at radius 1 is 1.05 bits per heavy atom. The zero-order valence-corrected chi connectivity index (χ0v) is 12.0. The number of halogens is 1. The van der Waals surface area contributed by atoms with Crippen LogP contribution in [0.25, 0.3) is 0 Å². The van der Waals surface area contributed by atoms with E-state index in [0.717, 1.165) is 0 Å². The number of rotatable bonds is 3. The fourth-order valence-corrected chi connectivity index (χ4v) is 1.93. The molecular weight excluding hydrogens is 294 g/mol. The van der Waals surface area contributed by atoms with Gasteiger partial charge in [0.05, 0.1) is 5.69 Å². The summed E-state index contributed by atoms with van der Waals surface area (Å²) in [6.45, 7) is 0. The molecule has 0 atom stereocenters. The largest absolute Gasteiger partial charge is 0.389 e. The van der Waals surface area contributed by atoms with E-state index in [0.29, 0.717) is 22.0 Å². The number of carbonyl (C=O) groups excluding carboxylic acids is 1. The maximum Gasteiger partial charge on any atom is 0.323 e. The molecule has 102 valence electrons. The molecule has 2 rings (SSSR count). The summed E-state index contributed by atoms with van der Waals surface area (Å²) in [5, 5.41) is 6.00. The van der Waals surface area contributed by atoms with Crippen LogP contribution in [0.2, 0.25) is 5.02 Å². The molecule has 0 saturated heterocycles. The molecule has 4 N–H and O–H groups in total. The Morgan fingerprint density at radius 2 is 1.70 bits per heavy atom. The van der Waals surface area contributed by atoms with Crippen LogP contribution in [0.3, 0.4) is 0 Å². The molecule has 20 heavy (non-hydrogen) atoms. The second kappa shape index (κ2) is 6.36. The third-order valence-electron chi connectivity index (χ3n) is 2.54. The van der Waals surface area contributed by atoms with Crippen molar-refractivity contribution in [1.82, 2.24) is 0 Å². The van der Waals surface area contributed by atoms with Crippen molar-refractivity contribution in [3.05, 3.63) is 59.1 Å². The van der Waals surface area contributed by atoms with Crippen LogP contribution in [0, 0.1) is 0 Å². The first-order chi connectivity index (χ1) is 9.56. The highest BCUT2D eigenvalue weighted by atomic mass is 35.5. The number of benzene rings is 2. The van der Waals surface area contributed by atoms with Gasteiger partial charge in [0.15, 0.2) is 0 Å². The van der Waals surface area contributed by atoms with Crippen molar-refractivity contribution in [3.8, 4) is 0 Å². The normalized spacial score (nSPS) is 9.85. The SMILES string of the molecule is NC(=S)c1ccccc1NC(=O)Nc1ccc(Cl)cc1. The monoisotopic (exact) mass is 305 g/mol. The van der Waals surface area contributed by atoms with Crippen LogP contribution < -0.4 is 16.4 Å². The number of para-hydroxylation sites is 1. The average molecular weight is 306 g/mol. The van der Waals surface area contributed by atoms with E-state index in [1.54, 1.807) is 48.5 Å². The molecule has 0 aliphatic rings. The third-order valence-corrected chi connectivity index (χ3v) is 3.01. The van der Waals surface area contributed by atoms with Gasteiger partial charge in [0.1, 0.15) is 4.99 Å². The van der Waals surface area contributed by atoms with Gasteiger partial charge in [-0.15, -0.1) is 0 Å². The minimum Gasteiger partial charge on any atom is -0.389 e. The Morgan fingerprint density at radius 3 is 2.35 bits per heavy atom. The Balaban J connectivity index is 2.08. The fourth-order valence-electron chi connectivity index (χ4n) is 1.62. The van der Waals surface area contributed by atoms with E-state index >= 15 is 0 Å². The predicted molar refractivity (Wildman–Crippen MR) is 86.4 cm³/mol. The number of carbonyl (C=O) groups is 1. The second-order valence-electron chi connectivity index (χ2n) is 4.00. The standard InChI is InChI=1S/C14H12ClN3OS/c15-9-5-7-10(8-6-9)17-14(19)18-12-4-2-1-3-11(12)13(16)20/h1-8H,(H2,16,20)(H2,17,18,19). The van der Waals surface area contributed by atoms with Gasteiger partial charge in [-0.2, -0.15) is 0 Å². The van der Waals surface area contributed by atoms with Crippen LogP contribution in [-0.4, -0.2) is 11.0 Å². The smallest absolute Gasteiger partial charge is 0.323 e. The van der Waals surface area contributed by atoms with Crippen molar-refractivity contribution in [2.45, 2.75) is 0 Å². The van der Waals surface area contributed by atoms with Crippen LogP contribution >= 0.6 is 23.8 Å². The molecule has 0 aliphatic carbocycles. The zero-order chi connectivity index (χ0) is 14.5. The molecule has 0 heterocycles. The molecule has 6 heteroatoms. The van der Waals surface area contributed by atoms with E-state index in [2.05, 4.69) is 10.6 Å². The van der Waals surface area contributed by atoms with Crippen molar-refractivity contribution in [2.75, 3.05) is 10.6 Å². The predicted octanol–water partition coefficient (Wildman–Crippen LogP) is 3.62. The van der Waals surface area contributed by atoms with Crippen LogP contribution in [-0.2, 0) is 0 Å². The number of thiocarbonyl (C=S) groups is 1. The Labute approximate surface area is 126 Å². The molecule has 0 unspecified atom stereocenters. The lowest BCUT2D eigenvalue weighted by Crippen LogP contribution is -2.22. The zero-order valence-electron chi connectivity index (χ0n) is 10.4. The van der Waals surface area contributed by atoms with E-state index in [4.69, 9.17) is 29.6 Å². The molecule has 0 radical (unpaired) electrons. The van der Waals surface area contributed by atoms with Crippen molar-refractivity contribution >= 4 is 46.2 Å². The molecule has 0 aromatic heterocycles. The number of anilines is 2. The number of nitrogens with two attached hydrogens (primary N) is 1. The quantitative estimate of drug-likeness (QED) is 0.759. The minimum absolute atomic E-state index is 0.229. The van der Waals surface area contributed by atoms with E-state index in [1.807, 2.05) is 0 Å². The van der Waals surface area contributed by atoms with Gasteiger partial charge >= 0.3 is 6.03 Å². The van der Waals surface area contributed by atoms with Crippen LogP contribution in [0.4, 0.5) is 16.2 Å². The lowest BCUT2D eigenvalue weighted by Gasteiger charge is -2.11. The van der Waals surface area contributed by atoms with E-state index in [1.165, 1.54) is 0 Å². The fraction of sp³-hybridized carbons (Fsp3) is 0. The lowest BCUT2D eigenvalue weighted by atomic mass is 10.2. The van der Waals surface area contributed by atoms with E-state index < -0.39 is 0 Å². The summed E-state index contributed by atoms with van der Waals surface area (Å²) in [7, 11) is 0. The molecule has 0 fully saturated rings. The van der Waals surface area contributed by atoms with Gasteiger partial charge < -0.3 is 16.4 Å². The summed E-state index contributed by atoms with van der Waals surface area (Å²) >= 11 is 10.7. The highest BCUT2D eigenvalue weighted by Gasteiger charge is 2.08. The summed E-state index contributed by atoms with van der Waals surface area (Å²) in [6.07, 6.45) is 0. The molecule has 0 saturated carbocycles. The van der Waals surface area contributed by atoms with Gasteiger partial charge in [-0.25, -0.2) is 4.79 Å². The summed E-state index contributed by atoms with van der Waals surface area (Å²) in [4.78, 5) is 12.1. The average Bonchev–Trinajstić information content (AvgIpc) is 2.41. The van der Waals surface area contributed by atoms with Gasteiger partial charge in [0.2, 0.25) is 0 Å². The highest BCUT2D eigenvalue weighted by Crippen LogP contribution is 2.16. The third kappa shape index (κ3) is 3.69. The number of nitrogens with one attached hydrogen (secondary N) is 2. The first-order valence-electron chi connectivity index (χ1n) is 5.78. The number of amides is 2. The molecule has 0 bridgehead atoms. The maximum absolute atomic E-state index is 11.9. The minimum atomic E-state index is -0.379. The Hall–Kier alpha value is -2.11. The molecule has 4 nitrogen and oxygen atoms in total. The number of hydrogen-bond acceptors (Lipinski definition) is 2. The van der Waals surface area contributed by atoms with E-state index in [-0.39, 0.29) is 11.0 Å². The molecular formula is C14H12ClN3OS. The molecule has 0 aliphatic heterocycles. The topological polar surface area (TPSA) is 67.1 Å². The summed E-state index contributed by atoms with van der Waals surface area (Å²) < 4.78 is 0. The van der Waals surface area contributed by atoms with Crippen LogP contribution in [0.15, 0.2) is 48.5 Å². The first-order valence-corrected chi connectivity index (χ1v) is 6.57. The van der Waals surface area contributed by atoms with Gasteiger partial charge in [-0.1, -0.05) is 36.0 Å². The Bertz CT molecular complexity index is 643. The number of hydrogen-bond donors (Lipinski definition) is 3. The van der Waals surface area contributed by atoms with Gasteiger partial charge in [-0.3, -0.25) is 0 Å². The maximum atomic E-state index is 11.9. The van der Waals surface area contributed by atoms with Crippen molar-refractivity contribution in [2.24, 2.45) is 5.73 Å². The van der Waals surface area contributed by atoms with Crippen molar-refractivity contribution < 1.29 is 4.79 Å². The van der Waals surface area contributed by atoms with Gasteiger partial charge in [0, 0.05) is 16.3 Å². The van der Waals surface area contributed by atoms with Crippen LogP contribution in [0.1, 0.15) is 5.56 Å². The lowest BCUT2D eigenvalue weighted by molar-refractivity contribution is 0.262.